The van der Waals surface area contributed by atoms with Crippen LogP contribution in [0.1, 0.15) is 110 Å². The van der Waals surface area contributed by atoms with Crippen LogP contribution in [0.5, 0.6) is 0 Å². The fourth-order valence-electron chi connectivity index (χ4n) is 2.75. The summed E-state index contributed by atoms with van der Waals surface area (Å²) in [6.45, 7) is 2.28. The van der Waals surface area contributed by atoms with Gasteiger partial charge in [-0.2, -0.15) is 0 Å². The molecule has 0 saturated carbocycles. The summed E-state index contributed by atoms with van der Waals surface area (Å²) in [6, 6.07) is 0. The Bertz CT molecular complexity index is 204. The average Bonchev–Trinajstić information content (AvgIpc) is 2.43. The van der Waals surface area contributed by atoms with Gasteiger partial charge in [-0.15, -0.1) is 0 Å². The molecule has 2 heteroatoms. The number of carbonyl (C=O) groups excluding carboxylic acids is 1. The quantitative estimate of drug-likeness (QED) is 0.275. The van der Waals surface area contributed by atoms with Crippen LogP contribution < -0.4 is 0 Å². The van der Waals surface area contributed by atoms with Crippen LogP contribution >= 0.6 is 0 Å². The predicted octanol–water partition coefficient (Wildman–Crippen LogP) is 5.41. The second-order valence-corrected chi connectivity index (χ2v) is 7.52. The molecule has 0 amide bonds. The third kappa shape index (κ3) is 18.2. The first-order chi connectivity index (χ1) is 9.77. The zero-order valence-corrected chi connectivity index (χ0v) is 16.2. The summed E-state index contributed by atoms with van der Waals surface area (Å²) in [5.41, 5.74) is 0. The van der Waals surface area contributed by atoms with Crippen molar-refractivity contribution >= 4 is 20.9 Å². The minimum absolute atomic E-state index is 0.486. The second kappa shape index (κ2) is 17.3. The molecule has 0 aliphatic heterocycles. The van der Waals surface area contributed by atoms with E-state index in [4.69, 9.17) is 0 Å². The highest BCUT2D eigenvalue weighted by atomic mass is 27.0. The highest BCUT2D eigenvalue weighted by Gasteiger charge is 1.95. The molecule has 1 nitrogen and oxygen atoms in total. The molecule has 0 aromatic carbocycles. The molecule has 20 heavy (non-hydrogen) atoms. The van der Waals surface area contributed by atoms with E-state index in [1.807, 2.05) is 0 Å². The Morgan fingerprint density at radius 3 is 1.20 bits per heavy atom. The Balaban J connectivity index is 2.94. The lowest BCUT2D eigenvalue weighted by Crippen LogP contribution is -1.94. The third-order valence-electron chi connectivity index (χ3n) is 4.13. The number of carbonyl (C=O) groups is 1. The summed E-state index contributed by atoms with van der Waals surface area (Å²) < 4.78 is 0.486. The van der Waals surface area contributed by atoms with Crippen LogP contribution in [0, 0.1) is 0 Å². The van der Waals surface area contributed by atoms with E-state index in [1.165, 1.54) is 89.9 Å². The lowest BCUT2D eigenvalue weighted by Gasteiger charge is -2.03. The topological polar surface area (TPSA) is 17.1 Å². The standard InChI is InChI=1S/C18H35O.Al.2H/c1-2-3-4-5-6-7-8-9-10-11-12-13-14-15-16-17-18-19;;;/h2-17H2,1H3;;;. The molecular formula is C18H37AlO. The van der Waals surface area contributed by atoms with Crippen LogP contribution in [-0.4, -0.2) is 20.9 Å². The normalized spacial score (nSPS) is 10.8. The first-order valence-corrected chi connectivity index (χ1v) is 10.3. The van der Waals surface area contributed by atoms with Crippen LogP contribution in [0.4, 0.5) is 0 Å². The monoisotopic (exact) mass is 296 g/mol. The molecule has 0 heterocycles. The fraction of sp³-hybridized carbons (Fsp3) is 0.944. The molecule has 0 saturated heterocycles. The Kier molecular flexibility index (Phi) is 17.4. The van der Waals surface area contributed by atoms with Crippen molar-refractivity contribution in [2.24, 2.45) is 0 Å². The summed E-state index contributed by atoms with van der Waals surface area (Å²) in [5, 5.41) is 0. The van der Waals surface area contributed by atoms with E-state index in [0.717, 1.165) is 29.1 Å². The summed E-state index contributed by atoms with van der Waals surface area (Å²) in [6.07, 6.45) is 21.8. The van der Waals surface area contributed by atoms with Gasteiger partial charge < -0.3 is 4.79 Å². The van der Waals surface area contributed by atoms with Gasteiger partial charge in [0.15, 0.2) is 0 Å². The summed E-state index contributed by atoms with van der Waals surface area (Å²) in [4.78, 5) is 10.8. The number of rotatable bonds is 16. The zero-order valence-electron chi connectivity index (χ0n) is 14.2. The third-order valence-corrected chi connectivity index (χ3v) is 4.63. The smallest absolute Gasteiger partial charge is 0.319 e. The Morgan fingerprint density at radius 2 is 0.900 bits per heavy atom. The molecule has 0 N–H and O–H groups in total. The van der Waals surface area contributed by atoms with Crippen molar-refractivity contribution in [3.8, 4) is 0 Å². The van der Waals surface area contributed by atoms with Gasteiger partial charge in [0.25, 0.3) is 0 Å². The molecule has 0 rings (SSSR count). The second-order valence-electron chi connectivity index (χ2n) is 6.40. The molecule has 0 atom stereocenters. The number of unbranched alkanes of at least 4 members (excludes halogenated alkanes) is 14. The average molecular weight is 296 g/mol. The largest absolute Gasteiger partial charge is 0.322 e. The van der Waals surface area contributed by atoms with Gasteiger partial charge in [0.2, 0.25) is 0 Å². The van der Waals surface area contributed by atoms with E-state index < -0.39 is 0 Å². The lowest BCUT2D eigenvalue weighted by atomic mass is 10.0. The molecular weight excluding hydrogens is 259 g/mol. The van der Waals surface area contributed by atoms with Gasteiger partial charge in [-0.1, -0.05) is 96.8 Å². The van der Waals surface area contributed by atoms with E-state index in [9.17, 15) is 4.79 Å². The highest BCUT2D eigenvalue weighted by Crippen LogP contribution is 2.13. The molecule has 0 bridgehead atoms. The minimum Gasteiger partial charge on any atom is -0.322 e. The van der Waals surface area contributed by atoms with Crippen molar-refractivity contribution in [3.05, 3.63) is 0 Å². The van der Waals surface area contributed by atoms with Crippen molar-refractivity contribution in [1.82, 2.24) is 0 Å². The number of hydrogen-bond donors (Lipinski definition) is 0. The van der Waals surface area contributed by atoms with Crippen LogP contribution in [0.2, 0.25) is 0 Å². The van der Waals surface area contributed by atoms with Gasteiger partial charge in [-0.25, -0.2) is 0 Å². The van der Waals surface area contributed by atoms with E-state index in [2.05, 4.69) is 6.92 Å². The van der Waals surface area contributed by atoms with Gasteiger partial charge in [0, 0.05) is 4.65 Å². The molecule has 0 radical (unpaired) electrons. The van der Waals surface area contributed by atoms with Gasteiger partial charge >= 0.3 is 16.3 Å². The number of hydrogen-bond acceptors (Lipinski definition) is 1. The van der Waals surface area contributed by atoms with Crippen LogP contribution in [0.3, 0.4) is 0 Å². The van der Waals surface area contributed by atoms with Crippen molar-refractivity contribution in [1.29, 1.82) is 0 Å². The maximum atomic E-state index is 10.8. The molecule has 0 aromatic rings. The van der Waals surface area contributed by atoms with Crippen molar-refractivity contribution < 1.29 is 4.79 Å². The van der Waals surface area contributed by atoms with Crippen LogP contribution in [0.15, 0.2) is 0 Å². The predicted molar refractivity (Wildman–Crippen MR) is 93.1 cm³/mol. The molecule has 0 aliphatic rings. The molecule has 0 spiro atoms. The summed E-state index contributed by atoms with van der Waals surface area (Å²) in [5.74, 6) is 0. The molecule has 0 aromatic heterocycles. The van der Waals surface area contributed by atoms with Crippen LogP contribution in [-0.2, 0) is 4.79 Å². The maximum Gasteiger partial charge on any atom is 0.319 e. The fourth-order valence-corrected chi connectivity index (χ4v) is 3.10. The van der Waals surface area contributed by atoms with Gasteiger partial charge in [-0.05, 0) is 12.8 Å². The summed E-state index contributed by atoms with van der Waals surface area (Å²) >= 11 is 0.751. The Labute approximate surface area is 135 Å². The van der Waals surface area contributed by atoms with Crippen molar-refractivity contribution in [3.63, 3.8) is 0 Å². The maximum absolute atomic E-state index is 10.8. The van der Waals surface area contributed by atoms with E-state index in [0.29, 0.717) is 4.65 Å². The highest BCUT2D eigenvalue weighted by molar-refractivity contribution is 6.57. The molecule has 0 unspecified atom stereocenters. The molecule has 0 fully saturated rings. The zero-order chi connectivity index (χ0) is 14.9. The van der Waals surface area contributed by atoms with Gasteiger partial charge in [0.1, 0.15) is 0 Å². The van der Waals surface area contributed by atoms with E-state index >= 15 is 0 Å². The molecule has 0 aliphatic carbocycles. The van der Waals surface area contributed by atoms with Gasteiger partial charge in [0.05, 0.1) is 0 Å². The Hall–Kier alpha value is 0.202. The van der Waals surface area contributed by atoms with Crippen molar-refractivity contribution in [2.45, 2.75) is 110 Å². The van der Waals surface area contributed by atoms with Crippen molar-refractivity contribution in [2.75, 3.05) is 0 Å². The Morgan fingerprint density at radius 1 is 0.600 bits per heavy atom. The first kappa shape index (κ1) is 20.2. The summed E-state index contributed by atoms with van der Waals surface area (Å²) in [7, 11) is 0. The lowest BCUT2D eigenvalue weighted by molar-refractivity contribution is -0.111. The van der Waals surface area contributed by atoms with E-state index in [1.54, 1.807) is 0 Å². The minimum atomic E-state index is 0.486. The van der Waals surface area contributed by atoms with Crippen LogP contribution in [0.25, 0.3) is 0 Å². The SMILES string of the molecule is CCCCCCCCCCCCCCCCC[C](=O)[AlH2]. The van der Waals surface area contributed by atoms with Gasteiger partial charge in [-0.3, -0.25) is 0 Å². The van der Waals surface area contributed by atoms with E-state index in [-0.39, 0.29) is 0 Å². The first-order valence-electron chi connectivity index (χ1n) is 9.26. The molecule has 118 valence electrons.